The van der Waals surface area contributed by atoms with Gasteiger partial charge in [-0.05, 0) is 36.3 Å². The van der Waals surface area contributed by atoms with E-state index in [1.165, 1.54) is 17.6 Å². The van der Waals surface area contributed by atoms with Crippen molar-refractivity contribution < 1.29 is 9.53 Å². The number of aryl methyl sites for hydroxylation is 1. The van der Waals surface area contributed by atoms with Crippen LogP contribution in [0.4, 0.5) is 0 Å². The quantitative estimate of drug-likeness (QED) is 0.853. The van der Waals surface area contributed by atoms with Gasteiger partial charge in [0.2, 0.25) is 5.91 Å². The molecule has 0 saturated heterocycles. The number of carbonyl (C=O) groups is 1. The first kappa shape index (κ1) is 10.6. The topological polar surface area (TPSA) is 38.3 Å². The molecule has 4 heteroatoms. The third-order valence-electron chi connectivity index (χ3n) is 2.66. The van der Waals surface area contributed by atoms with Gasteiger partial charge in [0.1, 0.15) is 6.61 Å². The van der Waals surface area contributed by atoms with Crippen molar-refractivity contribution in [2.24, 2.45) is 0 Å². The molecule has 3 nitrogen and oxygen atoms in total. The fraction of sp³-hybridized carbons (Fsp3) is 0.545. The standard InChI is InChI=1S/C11H15NO2S/c1-14-7-11(13)12-9-3-2-4-10-8(9)5-6-15-10/h5-6,9H,2-4,7H2,1H3,(H,12,13). The van der Waals surface area contributed by atoms with Crippen LogP contribution >= 0.6 is 11.3 Å². The lowest BCUT2D eigenvalue weighted by molar-refractivity contribution is -0.125. The first-order valence-corrected chi connectivity index (χ1v) is 6.04. The average molecular weight is 225 g/mol. The summed E-state index contributed by atoms with van der Waals surface area (Å²) in [5, 5.41) is 5.11. The van der Waals surface area contributed by atoms with Crippen molar-refractivity contribution in [1.29, 1.82) is 0 Å². The maximum atomic E-state index is 11.4. The van der Waals surface area contributed by atoms with Crippen molar-refractivity contribution in [1.82, 2.24) is 5.32 Å². The van der Waals surface area contributed by atoms with E-state index in [9.17, 15) is 4.79 Å². The van der Waals surface area contributed by atoms with Crippen molar-refractivity contribution in [2.75, 3.05) is 13.7 Å². The molecule has 1 aromatic heterocycles. The number of hydrogen-bond donors (Lipinski definition) is 1. The number of rotatable bonds is 3. The van der Waals surface area contributed by atoms with Crippen molar-refractivity contribution in [2.45, 2.75) is 25.3 Å². The normalized spacial score (nSPS) is 19.7. The predicted molar refractivity (Wildman–Crippen MR) is 60.0 cm³/mol. The van der Waals surface area contributed by atoms with Gasteiger partial charge in [0.15, 0.2) is 0 Å². The number of amides is 1. The molecule has 1 N–H and O–H groups in total. The maximum absolute atomic E-state index is 11.4. The number of nitrogens with one attached hydrogen (secondary N) is 1. The van der Waals surface area contributed by atoms with Crippen LogP contribution in [-0.2, 0) is 16.0 Å². The van der Waals surface area contributed by atoms with E-state index in [2.05, 4.69) is 16.8 Å². The zero-order valence-corrected chi connectivity index (χ0v) is 9.60. The molecule has 0 spiro atoms. The van der Waals surface area contributed by atoms with Crippen molar-refractivity contribution in [3.63, 3.8) is 0 Å². The van der Waals surface area contributed by atoms with Gasteiger partial charge < -0.3 is 10.1 Å². The second kappa shape index (κ2) is 4.77. The minimum absolute atomic E-state index is 0.0263. The van der Waals surface area contributed by atoms with E-state index in [4.69, 9.17) is 4.74 Å². The molecule has 1 unspecified atom stereocenters. The summed E-state index contributed by atoms with van der Waals surface area (Å²) in [6.45, 7) is 0.149. The van der Waals surface area contributed by atoms with Crippen LogP contribution in [0.15, 0.2) is 11.4 Å². The second-order valence-corrected chi connectivity index (χ2v) is 4.75. The van der Waals surface area contributed by atoms with Gasteiger partial charge in [0.05, 0.1) is 6.04 Å². The van der Waals surface area contributed by atoms with E-state index < -0.39 is 0 Å². The summed E-state index contributed by atoms with van der Waals surface area (Å²) in [7, 11) is 1.54. The van der Waals surface area contributed by atoms with Gasteiger partial charge in [-0.25, -0.2) is 0 Å². The lowest BCUT2D eigenvalue weighted by atomic mass is 9.94. The smallest absolute Gasteiger partial charge is 0.246 e. The molecule has 1 heterocycles. The Bertz CT molecular complexity index is 348. The number of fused-ring (bicyclic) bond motifs is 1. The molecule has 0 saturated carbocycles. The van der Waals surface area contributed by atoms with E-state index in [1.54, 1.807) is 11.3 Å². The van der Waals surface area contributed by atoms with Crippen LogP contribution < -0.4 is 5.32 Å². The van der Waals surface area contributed by atoms with Crippen LogP contribution in [-0.4, -0.2) is 19.6 Å². The summed E-state index contributed by atoms with van der Waals surface area (Å²) in [5.74, 6) is -0.0263. The first-order valence-electron chi connectivity index (χ1n) is 5.16. The van der Waals surface area contributed by atoms with E-state index in [1.807, 2.05) is 0 Å². The Balaban J connectivity index is 2.03. The first-order chi connectivity index (χ1) is 7.31. The van der Waals surface area contributed by atoms with Gasteiger partial charge >= 0.3 is 0 Å². The third-order valence-corrected chi connectivity index (χ3v) is 3.66. The molecule has 0 radical (unpaired) electrons. The molecule has 1 atom stereocenters. The lowest BCUT2D eigenvalue weighted by Crippen LogP contribution is -2.32. The number of hydrogen-bond acceptors (Lipinski definition) is 3. The highest BCUT2D eigenvalue weighted by molar-refractivity contribution is 7.10. The summed E-state index contributed by atoms with van der Waals surface area (Å²) in [6, 6.07) is 2.32. The van der Waals surface area contributed by atoms with E-state index in [0.29, 0.717) is 0 Å². The molecule has 15 heavy (non-hydrogen) atoms. The maximum Gasteiger partial charge on any atom is 0.246 e. The molecule has 0 aromatic carbocycles. The minimum Gasteiger partial charge on any atom is -0.375 e. The second-order valence-electron chi connectivity index (χ2n) is 3.74. The molecule has 0 bridgehead atoms. The van der Waals surface area contributed by atoms with E-state index >= 15 is 0 Å². The monoisotopic (exact) mass is 225 g/mol. The summed E-state index contributed by atoms with van der Waals surface area (Å²) < 4.78 is 4.81. The molecular formula is C11H15NO2S. The number of thiophene rings is 1. The Morgan fingerprint density at radius 1 is 1.73 bits per heavy atom. The zero-order chi connectivity index (χ0) is 10.7. The Kier molecular flexibility index (Phi) is 3.38. The molecule has 1 amide bonds. The minimum atomic E-state index is -0.0263. The molecule has 1 aromatic rings. The highest BCUT2D eigenvalue weighted by Crippen LogP contribution is 2.33. The Labute approximate surface area is 93.4 Å². The van der Waals surface area contributed by atoms with Crippen LogP contribution in [0.3, 0.4) is 0 Å². The van der Waals surface area contributed by atoms with Gasteiger partial charge in [0, 0.05) is 12.0 Å². The third kappa shape index (κ3) is 2.38. The number of methoxy groups -OCH3 is 1. The Hall–Kier alpha value is -0.870. The van der Waals surface area contributed by atoms with Crippen molar-refractivity contribution in [3.05, 3.63) is 21.9 Å². The lowest BCUT2D eigenvalue weighted by Gasteiger charge is -2.23. The Morgan fingerprint density at radius 2 is 2.60 bits per heavy atom. The van der Waals surface area contributed by atoms with E-state index in [-0.39, 0.29) is 18.6 Å². The van der Waals surface area contributed by atoms with Gasteiger partial charge in [0.25, 0.3) is 0 Å². The summed E-state index contributed by atoms with van der Waals surface area (Å²) >= 11 is 1.79. The Morgan fingerprint density at radius 3 is 3.40 bits per heavy atom. The summed E-state index contributed by atoms with van der Waals surface area (Å²) in [6.07, 6.45) is 3.36. The van der Waals surface area contributed by atoms with Crippen LogP contribution in [0.1, 0.15) is 29.3 Å². The van der Waals surface area contributed by atoms with Gasteiger partial charge in [-0.2, -0.15) is 0 Å². The molecular weight excluding hydrogens is 210 g/mol. The zero-order valence-electron chi connectivity index (χ0n) is 8.79. The molecule has 82 valence electrons. The van der Waals surface area contributed by atoms with Crippen molar-refractivity contribution >= 4 is 17.2 Å². The van der Waals surface area contributed by atoms with Gasteiger partial charge in [-0.3, -0.25) is 4.79 Å². The SMILES string of the molecule is COCC(=O)NC1CCCc2sccc21. The summed E-state index contributed by atoms with van der Waals surface area (Å²) in [5.41, 5.74) is 1.30. The van der Waals surface area contributed by atoms with Crippen LogP contribution in [0.25, 0.3) is 0 Å². The van der Waals surface area contributed by atoms with Crippen LogP contribution in [0, 0.1) is 0 Å². The van der Waals surface area contributed by atoms with E-state index in [0.717, 1.165) is 19.3 Å². The molecule has 1 aliphatic rings. The van der Waals surface area contributed by atoms with Crippen LogP contribution in [0.2, 0.25) is 0 Å². The fourth-order valence-corrected chi connectivity index (χ4v) is 2.99. The van der Waals surface area contributed by atoms with Gasteiger partial charge in [-0.1, -0.05) is 0 Å². The fourth-order valence-electron chi connectivity index (χ4n) is 2.00. The molecule has 0 aliphatic heterocycles. The van der Waals surface area contributed by atoms with Gasteiger partial charge in [-0.15, -0.1) is 11.3 Å². The summed E-state index contributed by atoms with van der Waals surface area (Å²) in [4.78, 5) is 12.8. The van der Waals surface area contributed by atoms with Crippen LogP contribution in [0.5, 0.6) is 0 Å². The highest BCUT2D eigenvalue weighted by Gasteiger charge is 2.22. The molecule has 2 rings (SSSR count). The average Bonchev–Trinajstić information content (AvgIpc) is 2.67. The number of ether oxygens (including phenoxy) is 1. The largest absolute Gasteiger partial charge is 0.375 e. The predicted octanol–water partition coefficient (Wildman–Crippen LogP) is 1.89. The highest BCUT2D eigenvalue weighted by atomic mass is 32.1. The van der Waals surface area contributed by atoms with Crippen molar-refractivity contribution in [3.8, 4) is 0 Å². The number of carbonyl (C=O) groups excluding carboxylic acids is 1. The molecule has 1 aliphatic carbocycles. The molecule has 0 fully saturated rings.